The van der Waals surface area contributed by atoms with Crippen LogP contribution in [0.15, 0.2) is 90.0 Å². The lowest BCUT2D eigenvalue weighted by molar-refractivity contribution is -0.918. The van der Waals surface area contributed by atoms with Crippen LogP contribution in [-0.4, -0.2) is 37.4 Å². The summed E-state index contributed by atoms with van der Waals surface area (Å²) in [5.74, 6) is 0.879. The van der Waals surface area contributed by atoms with Crippen LogP contribution in [0, 0.1) is 0 Å². The Balaban J connectivity index is 1.22. The van der Waals surface area contributed by atoms with E-state index in [1.165, 1.54) is 11.1 Å². The Labute approximate surface area is 173 Å². The number of nitrogens with zero attached hydrogens (tertiary/aromatic N) is 2. The van der Waals surface area contributed by atoms with Crippen molar-refractivity contribution in [2.24, 2.45) is 5.10 Å². The van der Waals surface area contributed by atoms with E-state index in [1.54, 1.807) is 4.90 Å². The van der Waals surface area contributed by atoms with Gasteiger partial charge in [0.2, 0.25) is 0 Å². The molecule has 4 rings (SSSR count). The van der Waals surface area contributed by atoms with Crippen molar-refractivity contribution in [2.75, 3.05) is 26.2 Å². The fourth-order valence-electron chi connectivity index (χ4n) is 3.53. The minimum absolute atomic E-state index is 0.587. The molecule has 1 N–H and O–H groups in total. The molecule has 0 atom stereocenters. The zero-order chi connectivity index (χ0) is 19.7. The summed E-state index contributed by atoms with van der Waals surface area (Å²) in [5.41, 5.74) is 3.68. The molecule has 0 radical (unpaired) electrons. The maximum Gasteiger partial charge on any atom is 0.119 e. The number of quaternary nitrogens is 1. The zero-order valence-corrected chi connectivity index (χ0v) is 16.7. The van der Waals surface area contributed by atoms with Gasteiger partial charge in [-0.25, -0.2) is 0 Å². The number of rotatable bonds is 7. The van der Waals surface area contributed by atoms with Crippen LogP contribution in [0.25, 0.3) is 0 Å². The van der Waals surface area contributed by atoms with E-state index >= 15 is 0 Å². The second-order valence-electron chi connectivity index (χ2n) is 7.45. The second kappa shape index (κ2) is 9.89. The van der Waals surface area contributed by atoms with Crippen molar-refractivity contribution in [3.63, 3.8) is 0 Å². The topological polar surface area (TPSA) is 29.3 Å². The molecular formula is C25H28N3O+. The van der Waals surface area contributed by atoms with Gasteiger partial charge < -0.3 is 9.64 Å². The van der Waals surface area contributed by atoms with Gasteiger partial charge in [-0.3, -0.25) is 5.01 Å². The normalized spacial score (nSPS) is 15.0. The summed E-state index contributed by atoms with van der Waals surface area (Å²) >= 11 is 0. The molecule has 1 aliphatic heterocycles. The molecule has 148 valence electrons. The zero-order valence-electron chi connectivity index (χ0n) is 16.7. The van der Waals surface area contributed by atoms with Gasteiger partial charge in [0.05, 0.1) is 32.4 Å². The SMILES string of the molecule is C(=N/N1CC[NH+](Cc2ccccc2)CC1)/c1ccc(OCc2ccccc2)cc1. The molecule has 0 bridgehead atoms. The number of piperazine rings is 1. The summed E-state index contributed by atoms with van der Waals surface area (Å²) in [7, 11) is 0. The predicted octanol–water partition coefficient (Wildman–Crippen LogP) is 3.00. The van der Waals surface area contributed by atoms with Crippen LogP contribution in [0.1, 0.15) is 16.7 Å². The average molecular weight is 387 g/mol. The van der Waals surface area contributed by atoms with E-state index < -0.39 is 0 Å². The van der Waals surface area contributed by atoms with Gasteiger partial charge in [-0.1, -0.05) is 60.7 Å². The third-order valence-corrected chi connectivity index (χ3v) is 5.24. The van der Waals surface area contributed by atoms with Gasteiger partial charge in [-0.2, -0.15) is 5.10 Å². The lowest BCUT2D eigenvalue weighted by Gasteiger charge is -2.30. The number of benzene rings is 3. The molecule has 0 aromatic heterocycles. The van der Waals surface area contributed by atoms with Gasteiger partial charge in [0.15, 0.2) is 0 Å². The molecule has 1 fully saturated rings. The highest BCUT2D eigenvalue weighted by Gasteiger charge is 2.18. The fourth-order valence-corrected chi connectivity index (χ4v) is 3.53. The maximum atomic E-state index is 5.84. The second-order valence-corrected chi connectivity index (χ2v) is 7.45. The maximum absolute atomic E-state index is 5.84. The summed E-state index contributed by atoms with van der Waals surface area (Å²) in [5, 5.41) is 6.85. The Kier molecular flexibility index (Phi) is 6.56. The quantitative estimate of drug-likeness (QED) is 0.633. The van der Waals surface area contributed by atoms with Crippen LogP contribution in [0.2, 0.25) is 0 Å². The van der Waals surface area contributed by atoms with Crippen LogP contribution in [0.3, 0.4) is 0 Å². The summed E-state index contributed by atoms with van der Waals surface area (Å²) in [6.07, 6.45) is 1.95. The molecule has 1 saturated heterocycles. The van der Waals surface area contributed by atoms with Crippen LogP contribution in [-0.2, 0) is 13.2 Å². The van der Waals surface area contributed by atoms with Gasteiger partial charge >= 0.3 is 0 Å². The first-order valence-electron chi connectivity index (χ1n) is 10.3. The molecular weight excluding hydrogens is 358 g/mol. The van der Waals surface area contributed by atoms with E-state index in [9.17, 15) is 0 Å². The molecule has 3 aromatic rings. The van der Waals surface area contributed by atoms with E-state index in [2.05, 4.69) is 64.7 Å². The van der Waals surface area contributed by atoms with Crippen molar-refractivity contribution in [2.45, 2.75) is 13.2 Å². The molecule has 1 aliphatic rings. The van der Waals surface area contributed by atoms with Gasteiger partial charge in [-0.05, 0) is 35.4 Å². The highest BCUT2D eigenvalue weighted by atomic mass is 16.5. The predicted molar refractivity (Wildman–Crippen MR) is 117 cm³/mol. The summed E-state index contributed by atoms with van der Waals surface area (Å²) < 4.78 is 5.84. The first-order chi connectivity index (χ1) is 14.3. The number of hydrazone groups is 1. The van der Waals surface area contributed by atoms with Crippen molar-refractivity contribution in [3.8, 4) is 5.75 Å². The monoisotopic (exact) mass is 386 g/mol. The highest BCUT2D eigenvalue weighted by molar-refractivity contribution is 5.79. The lowest BCUT2D eigenvalue weighted by atomic mass is 10.2. The van der Waals surface area contributed by atoms with Crippen molar-refractivity contribution < 1.29 is 9.64 Å². The minimum Gasteiger partial charge on any atom is -0.489 e. The van der Waals surface area contributed by atoms with Gasteiger partial charge in [0, 0.05) is 5.56 Å². The summed E-state index contributed by atoms with van der Waals surface area (Å²) in [4.78, 5) is 1.63. The Morgan fingerprint density at radius 2 is 1.41 bits per heavy atom. The molecule has 0 unspecified atom stereocenters. The number of hydrogen-bond donors (Lipinski definition) is 1. The molecule has 0 saturated carbocycles. The Bertz CT molecular complexity index is 886. The highest BCUT2D eigenvalue weighted by Crippen LogP contribution is 2.13. The summed E-state index contributed by atoms with van der Waals surface area (Å²) in [6, 6.07) is 29.1. The first kappa shape index (κ1) is 19.2. The smallest absolute Gasteiger partial charge is 0.119 e. The lowest BCUT2D eigenvalue weighted by Crippen LogP contribution is -3.13. The summed E-state index contributed by atoms with van der Waals surface area (Å²) in [6.45, 7) is 5.93. The Morgan fingerprint density at radius 1 is 0.793 bits per heavy atom. The molecule has 4 nitrogen and oxygen atoms in total. The Morgan fingerprint density at radius 3 is 2.07 bits per heavy atom. The van der Waals surface area contributed by atoms with Crippen LogP contribution in [0.4, 0.5) is 0 Å². The van der Waals surface area contributed by atoms with Crippen molar-refractivity contribution in [1.82, 2.24) is 5.01 Å². The number of ether oxygens (including phenoxy) is 1. The van der Waals surface area contributed by atoms with Crippen LogP contribution >= 0.6 is 0 Å². The molecule has 29 heavy (non-hydrogen) atoms. The number of hydrogen-bond acceptors (Lipinski definition) is 3. The Hall–Kier alpha value is -3.11. The van der Waals surface area contributed by atoms with Crippen molar-refractivity contribution in [1.29, 1.82) is 0 Å². The van der Waals surface area contributed by atoms with Gasteiger partial charge in [-0.15, -0.1) is 0 Å². The third-order valence-electron chi connectivity index (χ3n) is 5.24. The van der Waals surface area contributed by atoms with Crippen molar-refractivity contribution in [3.05, 3.63) is 102 Å². The van der Waals surface area contributed by atoms with E-state index in [-0.39, 0.29) is 0 Å². The fraction of sp³-hybridized carbons (Fsp3) is 0.240. The van der Waals surface area contributed by atoms with Crippen molar-refractivity contribution >= 4 is 6.21 Å². The third kappa shape index (κ3) is 5.93. The standard InChI is InChI=1S/C25H27N3O/c1-3-7-23(8-4-1)20-27-15-17-28(18-16-27)26-19-22-11-13-25(14-12-22)29-21-24-9-5-2-6-10-24/h1-14,19H,15-18,20-21H2/p+1/b26-19-. The molecule has 1 heterocycles. The number of nitrogens with one attached hydrogen (secondary N) is 1. The average Bonchev–Trinajstić information content (AvgIpc) is 2.79. The largest absolute Gasteiger partial charge is 0.489 e. The van der Waals surface area contributed by atoms with Crippen LogP contribution in [0.5, 0.6) is 5.75 Å². The molecule has 0 spiro atoms. The molecule has 3 aromatic carbocycles. The molecule has 4 heteroatoms. The molecule has 0 aliphatic carbocycles. The first-order valence-corrected chi connectivity index (χ1v) is 10.3. The van der Waals surface area contributed by atoms with E-state index in [1.807, 2.05) is 36.5 Å². The van der Waals surface area contributed by atoms with E-state index in [0.717, 1.165) is 44.0 Å². The van der Waals surface area contributed by atoms with Gasteiger partial charge in [0.1, 0.15) is 18.9 Å². The minimum atomic E-state index is 0.587. The van der Waals surface area contributed by atoms with E-state index in [0.29, 0.717) is 6.61 Å². The van der Waals surface area contributed by atoms with Gasteiger partial charge in [0.25, 0.3) is 0 Å². The molecule has 0 amide bonds. The van der Waals surface area contributed by atoms with E-state index in [4.69, 9.17) is 4.74 Å². The van der Waals surface area contributed by atoms with Crippen LogP contribution < -0.4 is 9.64 Å².